The van der Waals surface area contributed by atoms with E-state index in [0.717, 1.165) is 66.2 Å². The summed E-state index contributed by atoms with van der Waals surface area (Å²) in [5.41, 5.74) is 5.86. The van der Waals surface area contributed by atoms with Crippen molar-refractivity contribution in [3.8, 4) is 0 Å². The zero-order valence-electron chi connectivity index (χ0n) is 27.6. The summed E-state index contributed by atoms with van der Waals surface area (Å²) in [5.74, 6) is 0.0572. The van der Waals surface area contributed by atoms with Crippen LogP contribution in [-0.2, 0) is 29.2 Å². The Hall–Kier alpha value is -4.81. The summed E-state index contributed by atoms with van der Waals surface area (Å²) in [6.07, 6.45) is -0.907. The highest BCUT2D eigenvalue weighted by atomic mass is 16.7. The van der Waals surface area contributed by atoms with Crippen molar-refractivity contribution in [1.82, 2.24) is 15.5 Å². The highest BCUT2D eigenvalue weighted by Crippen LogP contribution is 2.42. The standard InChI is InChI=1S/C38H43N5O6/c1-27-35(25-41-19-21-42(22-20-41)33-15-17-34(18-16-33)43(46)47)48-37(49-36(27)31-11-9-30(26-44)10-12-31)32-13-7-29(8-14-32)24-40-38(45)39-23-28-5-3-2-4-6-28/h2-18,27,35-37,44H,19-26H2,1H3,(H2,39,40,45)/t27-,35+,36+,37+/m1/s1. The maximum Gasteiger partial charge on any atom is 0.315 e. The monoisotopic (exact) mass is 665 g/mol. The Labute approximate surface area is 286 Å². The third kappa shape index (κ3) is 8.81. The van der Waals surface area contributed by atoms with Crippen LogP contribution in [-0.4, -0.2) is 59.8 Å². The van der Waals surface area contributed by atoms with Gasteiger partial charge >= 0.3 is 6.03 Å². The number of carbonyl (C=O) groups excluding carboxylic acids is 1. The summed E-state index contributed by atoms with van der Waals surface area (Å²) in [7, 11) is 0. The SMILES string of the molecule is C[C@@H]1[C@H](CN2CCN(c3ccc([N+](=O)[O-])cc3)CC2)O[C@H](c2ccc(CNC(=O)NCc3ccccc3)cc2)O[C@@H]1c1ccc(CO)cc1. The maximum absolute atomic E-state index is 12.4. The number of benzene rings is 4. The third-order valence-electron chi connectivity index (χ3n) is 9.36. The minimum Gasteiger partial charge on any atom is -0.392 e. The van der Waals surface area contributed by atoms with Crippen molar-refractivity contribution < 1.29 is 24.3 Å². The highest BCUT2D eigenvalue weighted by Gasteiger charge is 2.39. The van der Waals surface area contributed by atoms with Crippen molar-refractivity contribution >= 4 is 17.4 Å². The fourth-order valence-electron chi connectivity index (χ4n) is 6.37. The molecular formula is C38H43N5O6. The predicted molar refractivity (Wildman–Crippen MR) is 187 cm³/mol. The molecule has 2 saturated heterocycles. The Balaban J connectivity index is 1.09. The number of nitro benzene ring substituents is 1. The average Bonchev–Trinajstić information content (AvgIpc) is 3.15. The number of urea groups is 1. The normalized spacial score (nSPS) is 21.2. The number of nitro groups is 1. The van der Waals surface area contributed by atoms with Gasteiger partial charge in [0.2, 0.25) is 0 Å². The van der Waals surface area contributed by atoms with E-state index in [1.54, 1.807) is 12.1 Å². The first kappa shape index (κ1) is 34.1. The van der Waals surface area contributed by atoms with Gasteiger partial charge in [0.05, 0.1) is 23.7 Å². The van der Waals surface area contributed by atoms with Gasteiger partial charge in [0.1, 0.15) is 0 Å². The van der Waals surface area contributed by atoms with E-state index in [4.69, 9.17) is 9.47 Å². The van der Waals surface area contributed by atoms with Crippen LogP contribution in [0.1, 0.15) is 47.1 Å². The van der Waals surface area contributed by atoms with Gasteiger partial charge in [-0.2, -0.15) is 0 Å². The second-order valence-corrected chi connectivity index (χ2v) is 12.6. The summed E-state index contributed by atoms with van der Waals surface area (Å²) in [6, 6.07) is 32.1. The number of piperazine rings is 1. The zero-order chi connectivity index (χ0) is 34.2. The molecule has 4 atom stereocenters. The Morgan fingerprint density at radius 2 is 1.39 bits per heavy atom. The Kier molecular flexibility index (Phi) is 11.2. The molecule has 3 N–H and O–H groups in total. The van der Waals surface area contributed by atoms with E-state index in [-0.39, 0.29) is 41.4 Å². The number of ether oxygens (including phenoxy) is 2. The Morgan fingerprint density at radius 3 is 2.00 bits per heavy atom. The van der Waals surface area contributed by atoms with Crippen LogP contribution in [0.15, 0.2) is 103 Å². The molecule has 2 aliphatic rings. The molecule has 11 heteroatoms. The lowest BCUT2D eigenvalue weighted by Gasteiger charge is -2.44. The molecule has 256 valence electrons. The number of nitrogens with one attached hydrogen (secondary N) is 2. The zero-order valence-corrected chi connectivity index (χ0v) is 27.6. The number of anilines is 1. The molecule has 2 amide bonds. The summed E-state index contributed by atoms with van der Waals surface area (Å²) in [5, 5.41) is 26.5. The number of hydrogen-bond donors (Lipinski definition) is 3. The molecule has 11 nitrogen and oxygen atoms in total. The van der Waals surface area contributed by atoms with E-state index in [9.17, 15) is 20.0 Å². The number of non-ortho nitro benzene ring substituents is 1. The van der Waals surface area contributed by atoms with Gasteiger partial charge in [-0.25, -0.2) is 4.79 Å². The van der Waals surface area contributed by atoms with Crippen molar-refractivity contribution in [1.29, 1.82) is 0 Å². The topological polar surface area (TPSA) is 129 Å². The van der Waals surface area contributed by atoms with Gasteiger partial charge in [-0.3, -0.25) is 15.0 Å². The Morgan fingerprint density at radius 1 is 0.796 bits per heavy atom. The molecular weight excluding hydrogens is 622 g/mol. The number of hydrogen-bond acceptors (Lipinski definition) is 8. The average molecular weight is 666 g/mol. The first-order valence-corrected chi connectivity index (χ1v) is 16.7. The van der Waals surface area contributed by atoms with Crippen molar-refractivity contribution in [2.45, 2.75) is 45.1 Å². The van der Waals surface area contributed by atoms with Crippen molar-refractivity contribution in [3.05, 3.63) is 141 Å². The Bertz CT molecular complexity index is 1660. The van der Waals surface area contributed by atoms with E-state index >= 15 is 0 Å². The molecule has 0 aromatic heterocycles. The smallest absolute Gasteiger partial charge is 0.315 e. The number of aliphatic hydroxyl groups excluding tert-OH is 1. The lowest BCUT2D eigenvalue weighted by atomic mass is 9.90. The summed E-state index contributed by atoms with van der Waals surface area (Å²) >= 11 is 0. The van der Waals surface area contributed by atoms with Gasteiger partial charge in [-0.1, -0.05) is 85.8 Å². The lowest BCUT2D eigenvalue weighted by Crippen LogP contribution is -2.51. The molecule has 6 rings (SSSR count). The van der Waals surface area contributed by atoms with E-state index in [2.05, 4.69) is 27.4 Å². The van der Waals surface area contributed by atoms with Gasteiger partial charge in [-0.05, 0) is 34.4 Å². The van der Waals surface area contributed by atoms with Crippen LogP contribution in [0.4, 0.5) is 16.2 Å². The van der Waals surface area contributed by atoms with Crippen molar-refractivity contribution in [2.75, 3.05) is 37.6 Å². The number of amides is 2. The first-order valence-electron chi connectivity index (χ1n) is 16.7. The second-order valence-electron chi connectivity index (χ2n) is 12.6. The quantitative estimate of drug-likeness (QED) is 0.138. The van der Waals surface area contributed by atoms with Crippen molar-refractivity contribution in [3.63, 3.8) is 0 Å². The highest BCUT2D eigenvalue weighted by molar-refractivity contribution is 5.73. The minimum atomic E-state index is -0.582. The lowest BCUT2D eigenvalue weighted by molar-refractivity contribution is -0.384. The van der Waals surface area contributed by atoms with Gasteiger partial charge in [-0.15, -0.1) is 0 Å². The third-order valence-corrected chi connectivity index (χ3v) is 9.36. The molecule has 2 fully saturated rings. The molecule has 2 heterocycles. The minimum absolute atomic E-state index is 0.0164. The molecule has 0 spiro atoms. The maximum atomic E-state index is 12.4. The second kappa shape index (κ2) is 16.1. The van der Waals surface area contributed by atoms with Crippen LogP contribution in [0, 0.1) is 16.0 Å². The van der Waals surface area contributed by atoms with E-state index in [1.807, 2.05) is 91.0 Å². The molecule has 4 aromatic rings. The molecule has 0 bridgehead atoms. The van der Waals surface area contributed by atoms with Crippen LogP contribution in [0.25, 0.3) is 0 Å². The van der Waals surface area contributed by atoms with Crippen LogP contribution < -0.4 is 15.5 Å². The fraction of sp³-hybridized carbons (Fsp3) is 0.342. The summed E-state index contributed by atoms with van der Waals surface area (Å²) < 4.78 is 13.3. The fourth-order valence-corrected chi connectivity index (χ4v) is 6.37. The van der Waals surface area contributed by atoms with E-state index < -0.39 is 6.29 Å². The molecule has 0 unspecified atom stereocenters. The van der Waals surface area contributed by atoms with E-state index in [0.29, 0.717) is 13.1 Å². The number of nitrogens with zero attached hydrogens (tertiary/aromatic N) is 3. The van der Waals surface area contributed by atoms with Crippen LogP contribution in [0.5, 0.6) is 0 Å². The van der Waals surface area contributed by atoms with Gasteiger partial charge in [0.15, 0.2) is 6.29 Å². The predicted octanol–water partition coefficient (Wildman–Crippen LogP) is 5.70. The molecule has 4 aromatic carbocycles. The van der Waals surface area contributed by atoms with Gasteiger partial charge in [0.25, 0.3) is 5.69 Å². The molecule has 0 radical (unpaired) electrons. The first-order chi connectivity index (χ1) is 23.9. The van der Waals surface area contributed by atoms with Gasteiger partial charge < -0.3 is 30.1 Å². The number of carbonyl (C=O) groups is 1. The van der Waals surface area contributed by atoms with Crippen LogP contribution in [0.2, 0.25) is 0 Å². The number of aliphatic hydroxyl groups is 1. The molecule has 2 aliphatic heterocycles. The molecule has 0 aliphatic carbocycles. The summed E-state index contributed by atoms with van der Waals surface area (Å²) in [6.45, 7) is 7.03. The largest absolute Gasteiger partial charge is 0.392 e. The number of rotatable bonds is 11. The summed E-state index contributed by atoms with van der Waals surface area (Å²) in [4.78, 5) is 27.7. The van der Waals surface area contributed by atoms with Crippen molar-refractivity contribution in [2.24, 2.45) is 5.92 Å². The molecule has 0 saturated carbocycles. The van der Waals surface area contributed by atoms with E-state index in [1.165, 1.54) is 0 Å². The van der Waals surface area contributed by atoms with Gasteiger partial charge in [0, 0.05) is 75.1 Å². The van der Waals surface area contributed by atoms with Crippen LogP contribution in [0.3, 0.4) is 0 Å². The van der Waals surface area contributed by atoms with Crippen LogP contribution >= 0.6 is 0 Å². The molecule has 49 heavy (non-hydrogen) atoms.